The van der Waals surface area contributed by atoms with Gasteiger partial charge in [-0.2, -0.15) is 5.10 Å². The molecule has 0 spiro atoms. The van der Waals surface area contributed by atoms with Crippen LogP contribution in [0.4, 0.5) is 11.6 Å². The smallest absolute Gasteiger partial charge is 0.134 e. The Hall–Kier alpha value is -2.19. The molecular weight excluding hydrogens is 342 g/mol. The Morgan fingerprint density at radius 1 is 1.33 bits per heavy atom. The number of hydrogen-bond acceptors (Lipinski definition) is 7. The maximum Gasteiger partial charge on any atom is 0.134 e. The van der Waals surface area contributed by atoms with Crippen LogP contribution in [0.1, 0.15) is 25.8 Å². The van der Waals surface area contributed by atoms with Crippen molar-refractivity contribution in [3.8, 4) is 0 Å². The SMILES string of the molecule is CC(C)Cn1cc(CNc2cc(N3C[C@H](O)C[C@@H]3CN(C)C)ncn2)cn1. The Bertz CT molecular complexity index is 730. The predicted octanol–water partition coefficient (Wildman–Crippen LogP) is 1.44. The van der Waals surface area contributed by atoms with Gasteiger partial charge in [-0.1, -0.05) is 13.8 Å². The lowest BCUT2D eigenvalue weighted by Gasteiger charge is -2.27. The van der Waals surface area contributed by atoms with Crippen LogP contribution in [0.15, 0.2) is 24.8 Å². The van der Waals surface area contributed by atoms with E-state index in [-0.39, 0.29) is 12.1 Å². The summed E-state index contributed by atoms with van der Waals surface area (Å²) in [6, 6.07) is 2.21. The number of nitrogens with zero attached hydrogens (tertiary/aromatic N) is 6. The highest BCUT2D eigenvalue weighted by Gasteiger charge is 2.32. The van der Waals surface area contributed by atoms with Crippen LogP contribution in [0.2, 0.25) is 0 Å². The van der Waals surface area contributed by atoms with Gasteiger partial charge in [-0.15, -0.1) is 0 Å². The minimum atomic E-state index is -0.312. The molecule has 0 radical (unpaired) electrons. The first-order valence-corrected chi connectivity index (χ1v) is 9.57. The number of likely N-dealkylation sites (N-methyl/N-ethyl adjacent to an activating group) is 1. The molecule has 0 saturated carbocycles. The fraction of sp³-hybridized carbons (Fsp3) is 0.632. The van der Waals surface area contributed by atoms with Crippen LogP contribution in [0.3, 0.4) is 0 Å². The van der Waals surface area contributed by atoms with Gasteiger partial charge in [0.25, 0.3) is 0 Å². The molecular formula is C19H31N7O. The van der Waals surface area contributed by atoms with Gasteiger partial charge in [0, 0.05) is 50.0 Å². The first-order chi connectivity index (χ1) is 12.9. The van der Waals surface area contributed by atoms with Crippen LogP contribution in [-0.4, -0.2) is 69.1 Å². The summed E-state index contributed by atoms with van der Waals surface area (Å²) in [5.74, 6) is 2.20. The summed E-state index contributed by atoms with van der Waals surface area (Å²) in [5.41, 5.74) is 1.12. The first-order valence-electron chi connectivity index (χ1n) is 9.57. The van der Waals surface area contributed by atoms with Gasteiger partial charge >= 0.3 is 0 Å². The number of nitrogens with one attached hydrogen (secondary N) is 1. The molecule has 8 nitrogen and oxygen atoms in total. The topological polar surface area (TPSA) is 82.3 Å². The van der Waals surface area contributed by atoms with E-state index in [1.807, 2.05) is 16.9 Å². The van der Waals surface area contributed by atoms with E-state index >= 15 is 0 Å². The van der Waals surface area contributed by atoms with Gasteiger partial charge in [0.1, 0.15) is 18.0 Å². The molecule has 3 heterocycles. The van der Waals surface area contributed by atoms with Gasteiger partial charge < -0.3 is 20.2 Å². The maximum absolute atomic E-state index is 10.1. The summed E-state index contributed by atoms with van der Waals surface area (Å²) in [7, 11) is 4.10. The molecule has 0 bridgehead atoms. The summed E-state index contributed by atoms with van der Waals surface area (Å²) >= 11 is 0. The molecule has 0 unspecified atom stereocenters. The summed E-state index contributed by atoms with van der Waals surface area (Å²) in [6.45, 7) is 7.44. The van der Waals surface area contributed by atoms with E-state index in [2.05, 4.69) is 64.3 Å². The van der Waals surface area contributed by atoms with Crippen LogP contribution < -0.4 is 10.2 Å². The van der Waals surface area contributed by atoms with Crippen molar-refractivity contribution in [3.05, 3.63) is 30.4 Å². The standard InChI is InChI=1S/C19H31N7O/c1-14(2)9-25-10-15(8-23-25)7-20-18-6-19(22-13-21-18)26-12-17(27)5-16(26)11-24(3)4/h6,8,10,13-14,16-17,27H,5,7,9,11-12H2,1-4H3,(H,20,21,22)/t16-,17-/m1/s1. The zero-order chi connectivity index (χ0) is 19.4. The fourth-order valence-electron chi connectivity index (χ4n) is 3.53. The molecule has 0 aliphatic carbocycles. The lowest BCUT2D eigenvalue weighted by atomic mass is 10.2. The number of aliphatic hydroxyl groups is 1. The predicted molar refractivity (Wildman–Crippen MR) is 107 cm³/mol. The Labute approximate surface area is 161 Å². The second-order valence-corrected chi connectivity index (χ2v) is 8.04. The number of β-amino-alcohol motifs (C(OH)–C–C–N with tert-alkyl or cyclic N) is 1. The molecule has 8 heteroatoms. The minimum Gasteiger partial charge on any atom is -0.391 e. The molecule has 3 rings (SSSR count). The van der Waals surface area contributed by atoms with Crippen molar-refractivity contribution in [3.63, 3.8) is 0 Å². The van der Waals surface area contributed by atoms with Crippen molar-refractivity contribution in [1.82, 2.24) is 24.6 Å². The van der Waals surface area contributed by atoms with Gasteiger partial charge in [0.2, 0.25) is 0 Å². The maximum atomic E-state index is 10.1. The zero-order valence-corrected chi connectivity index (χ0v) is 16.7. The zero-order valence-electron chi connectivity index (χ0n) is 16.7. The molecule has 27 heavy (non-hydrogen) atoms. The molecule has 0 aromatic carbocycles. The van der Waals surface area contributed by atoms with Crippen LogP contribution in [0.25, 0.3) is 0 Å². The highest BCUT2D eigenvalue weighted by molar-refractivity contribution is 5.50. The third kappa shape index (κ3) is 5.40. The second-order valence-electron chi connectivity index (χ2n) is 8.04. The molecule has 0 amide bonds. The van der Waals surface area contributed by atoms with Crippen LogP contribution in [-0.2, 0) is 13.1 Å². The van der Waals surface area contributed by atoms with Crippen LogP contribution in [0, 0.1) is 5.92 Å². The van der Waals surface area contributed by atoms with Crippen molar-refractivity contribution in [2.45, 2.75) is 45.5 Å². The van der Waals surface area contributed by atoms with Crippen molar-refractivity contribution in [1.29, 1.82) is 0 Å². The molecule has 2 atom stereocenters. The van der Waals surface area contributed by atoms with Crippen molar-refractivity contribution < 1.29 is 5.11 Å². The number of rotatable bonds is 8. The van der Waals surface area contributed by atoms with Crippen molar-refractivity contribution in [2.75, 3.05) is 37.4 Å². The van der Waals surface area contributed by atoms with E-state index in [1.165, 1.54) is 0 Å². The summed E-state index contributed by atoms with van der Waals surface area (Å²) < 4.78 is 1.98. The summed E-state index contributed by atoms with van der Waals surface area (Å²) in [6.07, 6.45) is 5.99. The lowest BCUT2D eigenvalue weighted by molar-refractivity contribution is 0.191. The molecule has 2 aromatic rings. The van der Waals surface area contributed by atoms with E-state index in [9.17, 15) is 5.11 Å². The average Bonchev–Trinajstić information content (AvgIpc) is 3.18. The van der Waals surface area contributed by atoms with Gasteiger partial charge in [-0.3, -0.25) is 4.68 Å². The minimum absolute atomic E-state index is 0.256. The third-order valence-electron chi connectivity index (χ3n) is 4.63. The monoisotopic (exact) mass is 373 g/mol. The number of hydrogen-bond donors (Lipinski definition) is 2. The van der Waals surface area contributed by atoms with Crippen molar-refractivity contribution in [2.24, 2.45) is 5.92 Å². The molecule has 1 fully saturated rings. The van der Waals surface area contributed by atoms with E-state index < -0.39 is 0 Å². The fourth-order valence-corrected chi connectivity index (χ4v) is 3.53. The first kappa shape index (κ1) is 19.6. The largest absolute Gasteiger partial charge is 0.391 e. The molecule has 2 N–H and O–H groups in total. The molecule has 2 aromatic heterocycles. The quantitative estimate of drug-likeness (QED) is 0.724. The second kappa shape index (κ2) is 8.67. The van der Waals surface area contributed by atoms with Gasteiger partial charge in [0.15, 0.2) is 0 Å². The lowest BCUT2D eigenvalue weighted by Crippen LogP contribution is -2.38. The van der Waals surface area contributed by atoms with E-state index in [4.69, 9.17) is 0 Å². The summed E-state index contributed by atoms with van der Waals surface area (Å²) in [5, 5.41) is 17.9. The van der Waals surface area contributed by atoms with Crippen molar-refractivity contribution >= 4 is 11.6 Å². The average molecular weight is 374 g/mol. The van der Waals surface area contributed by atoms with Crippen LogP contribution in [0.5, 0.6) is 0 Å². The Balaban J connectivity index is 1.64. The van der Waals surface area contributed by atoms with Gasteiger partial charge in [-0.25, -0.2) is 9.97 Å². The highest BCUT2D eigenvalue weighted by atomic mass is 16.3. The Morgan fingerprint density at radius 3 is 2.89 bits per heavy atom. The van der Waals surface area contributed by atoms with Gasteiger partial charge in [-0.05, 0) is 26.4 Å². The number of aliphatic hydroxyl groups excluding tert-OH is 1. The van der Waals surface area contributed by atoms with E-state index in [0.29, 0.717) is 19.0 Å². The Morgan fingerprint density at radius 2 is 2.15 bits per heavy atom. The molecule has 148 valence electrons. The van der Waals surface area contributed by atoms with E-state index in [1.54, 1.807) is 6.33 Å². The number of anilines is 2. The Kier molecular flexibility index (Phi) is 6.28. The van der Waals surface area contributed by atoms with Crippen LogP contribution >= 0.6 is 0 Å². The summed E-state index contributed by atoms with van der Waals surface area (Å²) in [4.78, 5) is 13.1. The molecule has 1 aliphatic heterocycles. The third-order valence-corrected chi connectivity index (χ3v) is 4.63. The molecule has 1 aliphatic rings. The highest BCUT2D eigenvalue weighted by Crippen LogP contribution is 2.25. The normalized spacial score (nSPS) is 20.0. The number of aromatic nitrogens is 4. The van der Waals surface area contributed by atoms with E-state index in [0.717, 1.165) is 36.7 Å². The molecule has 1 saturated heterocycles. The van der Waals surface area contributed by atoms with Gasteiger partial charge in [0.05, 0.1) is 12.3 Å².